The third-order valence-corrected chi connectivity index (χ3v) is 4.30. The maximum Gasteiger partial charge on any atom is 0.0957 e. The lowest BCUT2D eigenvalue weighted by Crippen LogP contribution is -2.33. The Morgan fingerprint density at radius 2 is 2.10 bits per heavy atom. The zero-order valence-corrected chi connectivity index (χ0v) is 12.7. The smallest absolute Gasteiger partial charge is 0.0957 e. The van der Waals surface area contributed by atoms with Crippen LogP contribution in [0.3, 0.4) is 0 Å². The largest absolute Gasteiger partial charge is 0.387 e. The first kappa shape index (κ1) is 14.1. The molecule has 0 fully saturated rings. The van der Waals surface area contributed by atoms with E-state index in [2.05, 4.69) is 47.1 Å². The molecule has 3 rings (SSSR count). The minimum absolute atomic E-state index is 0.462. The third kappa shape index (κ3) is 2.66. The van der Waals surface area contributed by atoms with E-state index in [0.717, 1.165) is 24.2 Å². The minimum Gasteiger partial charge on any atom is -0.387 e. The SMILES string of the molecule is CC[C@@H](O)c1ccc(N2c3ccccc3CCC2C)cn1. The predicted octanol–water partition coefficient (Wildman–Crippen LogP) is 4.00. The van der Waals surface area contributed by atoms with Gasteiger partial charge in [0.1, 0.15) is 0 Å². The van der Waals surface area contributed by atoms with E-state index < -0.39 is 6.10 Å². The fourth-order valence-corrected chi connectivity index (χ4v) is 3.03. The summed E-state index contributed by atoms with van der Waals surface area (Å²) in [5.74, 6) is 0. The van der Waals surface area contributed by atoms with Gasteiger partial charge in [0.15, 0.2) is 0 Å². The molecule has 1 aliphatic rings. The van der Waals surface area contributed by atoms with Crippen LogP contribution in [0.4, 0.5) is 11.4 Å². The van der Waals surface area contributed by atoms with Crippen molar-refractivity contribution in [3.8, 4) is 0 Å². The van der Waals surface area contributed by atoms with Crippen molar-refractivity contribution in [2.24, 2.45) is 0 Å². The molecule has 1 N–H and O–H groups in total. The maximum atomic E-state index is 9.86. The number of hydrogen-bond donors (Lipinski definition) is 1. The number of aliphatic hydroxyl groups excluding tert-OH is 1. The van der Waals surface area contributed by atoms with Crippen LogP contribution in [0, 0.1) is 0 Å². The van der Waals surface area contributed by atoms with Gasteiger partial charge < -0.3 is 10.0 Å². The molecule has 1 aromatic carbocycles. The molecule has 110 valence electrons. The molecule has 0 saturated carbocycles. The van der Waals surface area contributed by atoms with Gasteiger partial charge in [-0.2, -0.15) is 0 Å². The topological polar surface area (TPSA) is 36.4 Å². The maximum absolute atomic E-state index is 9.86. The molecule has 2 aromatic rings. The summed E-state index contributed by atoms with van der Waals surface area (Å²) in [6.45, 7) is 4.22. The fourth-order valence-electron chi connectivity index (χ4n) is 3.03. The van der Waals surface area contributed by atoms with Crippen LogP contribution in [-0.4, -0.2) is 16.1 Å². The molecule has 0 aliphatic carbocycles. The monoisotopic (exact) mass is 282 g/mol. The number of para-hydroxylation sites is 1. The van der Waals surface area contributed by atoms with Gasteiger partial charge in [-0.25, -0.2) is 0 Å². The van der Waals surface area contributed by atoms with Crippen LogP contribution in [0.1, 0.15) is 44.1 Å². The van der Waals surface area contributed by atoms with E-state index in [9.17, 15) is 5.11 Å². The van der Waals surface area contributed by atoms with Crippen LogP contribution >= 0.6 is 0 Å². The Morgan fingerprint density at radius 3 is 2.81 bits per heavy atom. The van der Waals surface area contributed by atoms with Gasteiger partial charge in [-0.3, -0.25) is 4.98 Å². The molecule has 0 radical (unpaired) electrons. The number of nitrogens with zero attached hydrogens (tertiary/aromatic N) is 2. The van der Waals surface area contributed by atoms with Crippen LogP contribution in [0.2, 0.25) is 0 Å². The van der Waals surface area contributed by atoms with Crippen molar-refractivity contribution in [1.29, 1.82) is 0 Å². The molecule has 3 heteroatoms. The Morgan fingerprint density at radius 1 is 1.29 bits per heavy atom. The summed E-state index contributed by atoms with van der Waals surface area (Å²) in [5.41, 5.74) is 4.52. The molecular formula is C18H22N2O. The average molecular weight is 282 g/mol. The highest BCUT2D eigenvalue weighted by atomic mass is 16.3. The molecule has 2 heterocycles. The Kier molecular flexibility index (Phi) is 3.93. The molecule has 1 unspecified atom stereocenters. The zero-order valence-electron chi connectivity index (χ0n) is 12.7. The molecule has 3 nitrogen and oxygen atoms in total. The van der Waals surface area contributed by atoms with Crippen molar-refractivity contribution in [2.45, 2.75) is 45.3 Å². The highest BCUT2D eigenvalue weighted by Gasteiger charge is 2.24. The molecule has 0 saturated heterocycles. The van der Waals surface area contributed by atoms with E-state index in [-0.39, 0.29) is 0 Å². The molecule has 2 atom stereocenters. The lowest BCUT2D eigenvalue weighted by Gasteiger charge is -2.37. The van der Waals surface area contributed by atoms with Crippen molar-refractivity contribution >= 4 is 11.4 Å². The summed E-state index contributed by atoms with van der Waals surface area (Å²) < 4.78 is 0. The Labute approximate surface area is 126 Å². The van der Waals surface area contributed by atoms with Crippen LogP contribution in [-0.2, 0) is 6.42 Å². The number of anilines is 2. The van der Waals surface area contributed by atoms with E-state index in [1.54, 1.807) is 0 Å². The van der Waals surface area contributed by atoms with Gasteiger partial charge in [0.05, 0.1) is 23.7 Å². The van der Waals surface area contributed by atoms with Gasteiger partial charge >= 0.3 is 0 Å². The highest BCUT2D eigenvalue weighted by Crippen LogP contribution is 2.36. The van der Waals surface area contributed by atoms with Crippen LogP contribution in [0.25, 0.3) is 0 Å². The van der Waals surface area contributed by atoms with E-state index in [0.29, 0.717) is 12.5 Å². The molecule has 1 aromatic heterocycles. The second-order valence-electron chi connectivity index (χ2n) is 5.75. The van der Waals surface area contributed by atoms with Crippen LogP contribution in [0.5, 0.6) is 0 Å². The van der Waals surface area contributed by atoms with Gasteiger partial charge in [-0.15, -0.1) is 0 Å². The second kappa shape index (κ2) is 5.86. The molecular weight excluding hydrogens is 260 g/mol. The summed E-state index contributed by atoms with van der Waals surface area (Å²) in [7, 11) is 0. The lowest BCUT2D eigenvalue weighted by atomic mass is 9.96. The van der Waals surface area contributed by atoms with Crippen LogP contribution in [0.15, 0.2) is 42.6 Å². The van der Waals surface area contributed by atoms with Crippen molar-refractivity contribution in [1.82, 2.24) is 4.98 Å². The molecule has 21 heavy (non-hydrogen) atoms. The molecule has 0 bridgehead atoms. The van der Waals surface area contributed by atoms with E-state index in [4.69, 9.17) is 0 Å². The van der Waals surface area contributed by atoms with Gasteiger partial charge in [-0.1, -0.05) is 25.1 Å². The van der Waals surface area contributed by atoms with Gasteiger partial charge in [0.25, 0.3) is 0 Å². The van der Waals surface area contributed by atoms with Crippen molar-refractivity contribution in [3.05, 3.63) is 53.9 Å². The fraction of sp³-hybridized carbons (Fsp3) is 0.389. The first-order valence-electron chi connectivity index (χ1n) is 7.72. The Bertz CT molecular complexity index is 609. The van der Waals surface area contributed by atoms with Crippen molar-refractivity contribution in [3.63, 3.8) is 0 Å². The van der Waals surface area contributed by atoms with E-state index in [1.807, 2.05) is 19.2 Å². The standard InChI is InChI=1S/C18H22N2O/c1-3-18(21)16-11-10-15(12-19-16)20-13(2)8-9-14-6-4-5-7-17(14)20/h4-7,10-13,18,21H,3,8-9H2,1-2H3/t13?,18-/m1/s1. The predicted molar refractivity (Wildman–Crippen MR) is 85.9 cm³/mol. The number of pyridine rings is 1. The summed E-state index contributed by atoms with van der Waals surface area (Å²) >= 11 is 0. The van der Waals surface area contributed by atoms with Crippen LogP contribution < -0.4 is 4.90 Å². The normalized spacial score (nSPS) is 19.2. The first-order chi connectivity index (χ1) is 10.2. The summed E-state index contributed by atoms with van der Waals surface area (Å²) in [5, 5.41) is 9.86. The van der Waals surface area contributed by atoms with Gasteiger partial charge in [0, 0.05) is 11.7 Å². The second-order valence-corrected chi connectivity index (χ2v) is 5.75. The minimum atomic E-state index is -0.467. The Hall–Kier alpha value is -1.87. The lowest BCUT2D eigenvalue weighted by molar-refractivity contribution is 0.169. The quantitative estimate of drug-likeness (QED) is 0.924. The number of hydrogen-bond acceptors (Lipinski definition) is 3. The average Bonchev–Trinajstić information content (AvgIpc) is 2.54. The number of aliphatic hydroxyl groups is 1. The highest BCUT2D eigenvalue weighted by molar-refractivity contribution is 5.68. The number of fused-ring (bicyclic) bond motifs is 1. The summed E-state index contributed by atoms with van der Waals surface area (Å²) in [4.78, 5) is 6.80. The molecule has 0 spiro atoms. The third-order valence-electron chi connectivity index (χ3n) is 4.30. The van der Waals surface area contributed by atoms with Crippen molar-refractivity contribution < 1.29 is 5.11 Å². The van der Waals surface area contributed by atoms with Gasteiger partial charge in [0.2, 0.25) is 0 Å². The summed E-state index contributed by atoms with van der Waals surface area (Å²) in [6, 6.07) is 13.0. The molecule has 0 amide bonds. The summed E-state index contributed by atoms with van der Waals surface area (Å²) in [6.07, 6.45) is 4.39. The van der Waals surface area contributed by atoms with Gasteiger partial charge in [-0.05, 0) is 49.9 Å². The number of aromatic nitrogens is 1. The molecule has 1 aliphatic heterocycles. The van der Waals surface area contributed by atoms with E-state index >= 15 is 0 Å². The number of aryl methyl sites for hydroxylation is 1. The van der Waals surface area contributed by atoms with Crippen molar-refractivity contribution in [2.75, 3.05) is 4.90 Å². The van der Waals surface area contributed by atoms with E-state index in [1.165, 1.54) is 11.3 Å². The number of rotatable bonds is 3. The Balaban J connectivity index is 1.96. The zero-order chi connectivity index (χ0) is 14.8. The number of benzene rings is 1. The first-order valence-corrected chi connectivity index (χ1v) is 7.72.